The van der Waals surface area contributed by atoms with Crippen LogP contribution in [0.15, 0.2) is 18.2 Å². The van der Waals surface area contributed by atoms with Crippen molar-refractivity contribution in [2.45, 2.75) is 32.4 Å². The highest BCUT2D eigenvalue weighted by Crippen LogP contribution is 2.19. The van der Waals surface area contributed by atoms with E-state index in [1.54, 1.807) is 19.9 Å². The molecule has 0 saturated carbocycles. The van der Waals surface area contributed by atoms with Crippen LogP contribution in [0.3, 0.4) is 0 Å². The van der Waals surface area contributed by atoms with Crippen LogP contribution in [0, 0.1) is 12.7 Å². The molecule has 3 N–H and O–H groups in total. The number of hydrogen-bond acceptors (Lipinski definition) is 3. The van der Waals surface area contributed by atoms with Crippen molar-refractivity contribution in [1.29, 1.82) is 0 Å². The molecule has 0 aliphatic heterocycles. The predicted octanol–water partition coefficient (Wildman–Crippen LogP) is 1.62. The van der Waals surface area contributed by atoms with Gasteiger partial charge in [-0.2, -0.15) is 0 Å². The number of carbonyl (C=O) groups is 1. The molecule has 2 unspecified atom stereocenters. The molecule has 1 aromatic rings. The Labute approximate surface area is 105 Å². The summed E-state index contributed by atoms with van der Waals surface area (Å²) in [4.78, 5) is 10.4. The highest BCUT2D eigenvalue weighted by molar-refractivity contribution is 5.66. The number of aliphatic hydroxyl groups excluding tert-OH is 1. The van der Waals surface area contributed by atoms with E-state index in [4.69, 9.17) is 5.11 Å². The van der Waals surface area contributed by atoms with Crippen molar-refractivity contribution < 1.29 is 19.4 Å². The van der Waals surface area contributed by atoms with E-state index in [9.17, 15) is 14.3 Å². The van der Waals surface area contributed by atoms with Gasteiger partial charge in [0.15, 0.2) is 0 Å². The van der Waals surface area contributed by atoms with Crippen molar-refractivity contribution in [1.82, 2.24) is 5.32 Å². The third-order valence-corrected chi connectivity index (χ3v) is 2.80. The molecule has 2 atom stereocenters. The van der Waals surface area contributed by atoms with Gasteiger partial charge in [0.2, 0.25) is 0 Å². The summed E-state index contributed by atoms with van der Waals surface area (Å²) in [7, 11) is 0. The van der Waals surface area contributed by atoms with Crippen LogP contribution < -0.4 is 5.32 Å². The Morgan fingerprint density at radius 3 is 2.72 bits per heavy atom. The standard InChI is InChI=1S/C13H18FNO3/c1-8-7-10(3-4-11(8)14)13(18)9(2)15-6-5-12(16)17/h3-4,7,9,13,15,18H,5-6H2,1-2H3,(H,16,17). The van der Waals surface area contributed by atoms with Gasteiger partial charge in [0, 0.05) is 12.6 Å². The zero-order valence-corrected chi connectivity index (χ0v) is 10.5. The fourth-order valence-corrected chi connectivity index (χ4v) is 1.66. The predicted molar refractivity (Wildman–Crippen MR) is 65.8 cm³/mol. The average Bonchev–Trinajstić information content (AvgIpc) is 2.31. The minimum absolute atomic E-state index is 0.000490. The Balaban J connectivity index is 2.59. The topological polar surface area (TPSA) is 69.6 Å². The number of halogens is 1. The molecule has 4 nitrogen and oxygen atoms in total. The average molecular weight is 255 g/mol. The molecule has 0 aliphatic rings. The quantitative estimate of drug-likeness (QED) is 0.722. The molecule has 1 rings (SSSR count). The Morgan fingerprint density at radius 2 is 2.17 bits per heavy atom. The summed E-state index contributed by atoms with van der Waals surface area (Å²) in [6.45, 7) is 3.67. The monoisotopic (exact) mass is 255 g/mol. The molecular weight excluding hydrogens is 237 g/mol. The summed E-state index contributed by atoms with van der Waals surface area (Å²) in [6, 6.07) is 4.14. The van der Waals surface area contributed by atoms with Gasteiger partial charge in [-0.1, -0.05) is 12.1 Å². The van der Waals surface area contributed by atoms with E-state index >= 15 is 0 Å². The first-order valence-corrected chi connectivity index (χ1v) is 5.81. The van der Waals surface area contributed by atoms with E-state index in [0.717, 1.165) is 0 Å². The molecule has 5 heteroatoms. The molecule has 18 heavy (non-hydrogen) atoms. The second-order valence-electron chi connectivity index (χ2n) is 4.34. The van der Waals surface area contributed by atoms with E-state index in [1.165, 1.54) is 12.1 Å². The molecule has 0 heterocycles. The van der Waals surface area contributed by atoms with Crippen molar-refractivity contribution in [3.05, 3.63) is 35.1 Å². The van der Waals surface area contributed by atoms with Crippen molar-refractivity contribution in [2.75, 3.05) is 6.54 Å². The fourth-order valence-electron chi connectivity index (χ4n) is 1.66. The molecule has 0 bridgehead atoms. The van der Waals surface area contributed by atoms with Crippen LogP contribution in [0.4, 0.5) is 4.39 Å². The molecule has 0 amide bonds. The number of aryl methyl sites for hydroxylation is 1. The fraction of sp³-hybridized carbons (Fsp3) is 0.462. The van der Waals surface area contributed by atoms with Crippen molar-refractivity contribution in [3.63, 3.8) is 0 Å². The summed E-state index contributed by atoms with van der Waals surface area (Å²) in [5, 5.41) is 21.5. The second kappa shape index (κ2) is 6.47. The summed E-state index contributed by atoms with van der Waals surface area (Å²) in [6.07, 6.45) is -0.794. The van der Waals surface area contributed by atoms with Gasteiger partial charge in [0.05, 0.1) is 12.5 Å². The van der Waals surface area contributed by atoms with Crippen LogP contribution in [0.1, 0.15) is 30.6 Å². The number of aliphatic carboxylic acids is 1. The van der Waals surface area contributed by atoms with Gasteiger partial charge >= 0.3 is 5.97 Å². The summed E-state index contributed by atoms with van der Waals surface area (Å²) in [5.74, 6) is -1.20. The minimum atomic E-state index is -0.887. The number of nitrogens with one attached hydrogen (secondary N) is 1. The van der Waals surface area contributed by atoms with Gasteiger partial charge in [0.25, 0.3) is 0 Å². The maximum absolute atomic E-state index is 13.1. The summed E-state index contributed by atoms with van der Waals surface area (Å²) in [5.41, 5.74) is 1.09. The summed E-state index contributed by atoms with van der Waals surface area (Å²) < 4.78 is 13.1. The first-order chi connectivity index (χ1) is 8.41. The number of rotatable bonds is 6. The number of carboxylic acids is 1. The van der Waals surface area contributed by atoms with Gasteiger partial charge in [-0.05, 0) is 31.0 Å². The highest BCUT2D eigenvalue weighted by atomic mass is 19.1. The Bertz CT molecular complexity index is 423. The lowest BCUT2D eigenvalue weighted by Crippen LogP contribution is -2.33. The van der Waals surface area contributed by atoms with Crippen LogP contribution in [0.25, 0.3) is 0 Å². The van der Waals surface area contributed by atoms with Crippen LogP contribution in [-0.4, -0.2) is 28.8 Å². The SMILES string of the molecule is Cc1cc(C(O)C(C)NCCC(=O)O)ccc1F. The zero-order valence-electron chi connectivity index (χ0n) is 10.5. The first-order valence-electron chi connectivity index (χ1n) is 5.81. The minimum Gasteiger partial charge on any atom is -0.481 e. The van der Waals surface area contributed by atoms with Crippen LogP contribution in [-0.2, 0) is 4.79 Å². The maximum Gasteiger partial charge on any atom is 0.304 e. The van der Waals surface area contributed by atoms with Crippen LogP contribution in [0.2, 0.25) is 0 Å². The molecule has 0 saturated heterocycles. The van der Waals surface area contributed by atoms with E-state index in [0.29, 0.717) is 11.1 Å². The molecule has 0 aliphatic carbocycles. The van der Waals surface area contributed by atoms with Gasteiger partial charge in [0.1, 0.15) is 5.82 Å². The first kappa shape index (κ1) is 14.6. The largest absolute Gasteiger partial charge is 0.481 e. The van der Waals surface area contributed by atoms with Gasteiger partial charge < -0.3 is 15.5 Å². The molecule has 100 valence electrons. The van der Waals surface area contributed by atoms with Crippen molar-refractivity contribution in [3.8, 4) is 0 Å². The molecular formula is C13H18FNO3. The van der Waals surface area contributed by atoms with E-state index in [-0.39, 0.29) is 24.8 Å². The highest BCUT2D eigenvalue weighted by Gasteiger charge is 2.16. The van der Waals surface area contributed by atoms with E-state index in [2.05, 4.69) is 5.32 Å². The van der Waals surface area contributed by atoms with Gasteiger partial charge in [-0.25, -0.2) is 4.39 Å². The third-order valence-electron chi connectivity index (χ3n) is 2.80. The normalized spacial score (nSPS) is 14.2. The van der Waals surface area contributed by atoms with E-state index in [1.807, 2.05) is 0 Å². The lowest BCUT2D eigenvalue weighted by atomic mass is 10.0. The van der Waals surface area contributed by atoms with E-state index < -0.39 is 12.1 Å². The summed E-state index contributed by atoms with van der Waals surface area (Å²) >= 11 is 0. The van der Waals surface area contributed by atoms with Crippen LogP contribution >= 0.6 is 0 Å². The maximum atomic E-state index is 13.1. The van der Waals surface area contributed by atoms with Gasteiger partial charge in [-0.3, -0.25) is 4.79 Å². The van der Waals surface area contributed by atoms with Crippen LogP contribution in [0.5, 0.6) is 0 Å². The zero-order chi connectivity index (χ0) is 13.7. The van der Waals surface area contributed by atoms with Crippen molar-refractivity contribution in [2.24, 2.45) is 0 Å². The number of benzene rings is 1. The van der Waals surface area contributed by atoms with Gasteiger partial charge in [-0.15, -0.1) is 0 Å². The Morgan fingerprint density at radius 1 is 1.50 bits per heavy atom. The molecule has 1 aromatic carbocycles. The third kappa shape index (κ3) is 4.09. The number of hydrogen-bond donors (Lipinski definition) is 3. The Kier molecular flexibility index (Phi) is 5.25. The molecule has 0 fully saturated rings. The molecule has 0 spiro atoms. The number of aliphatic hydroxyl groups is 1. The Hall–Kier alpha value is -1.46. The second-order valence-corrected chi connectivity index (χ2v) is 4.34. The molecule has 0 radical (unpaired) electrons. The van der Waals surface area contributed by atoms with Crippen molar-refractivity contribution >= 4 is 5.97 Å². The lowest BCUT2D eigenvalue weighted by molar-refractivity contribution is -0.136. The number of carboxylic acid groups (broad SMARTS) is 1. The smallest absolute Gasteiger partial charge is 0.304 e. The molecule has 0 aromatic heterocycles. The lowest BCUT2D eigenvalue weighted by Gasteiger charge is -2.20.